The molecule has 0 unspecified atom stereocenters. The number of hydrogen-bond acceptors (Lipinski definition) is 4. The summed E-state index contributed by atoms with van der Waals surface area (Å²) in [5.74, 6) is 1.04. The second kappa shape index (κ2) is 12.2. The van der Waals surface area contributed by atoms with Crippen molar-refractivity contribution in [2.24, 2.45) is 0 Å². The molecule has 0 heterocycles. The van der Waals surface area contributed by atoms with E-state index in [0.29, 0.717) is 44.6 Å². The Balaban J connectivity index is 1.75. The second-order valence-corrected chi connectivity index (χ2v) is 7.31. The summed E-state index contributed by atoms with van der Waals surface area (Å²) in [4.78, 5) is 12.1. The summed E-state index contributed by atoms with van der Waals surface area (Å²) in [5, 5.41) is 2.90. The Morgan fingerprint density at radius 3 is 2.52 bits per heavy atom. The standard InChI is InChI=1S/C24H33NO4/c1-5-27-11-12-28-16-21-8-6-7-20(14-21)15-25-24(26)17-29-22-9-10-23(18(2)3)19(4)13-22/h6-10,13-14,18H,5,11-12,15-17H2,1-4H3,(H,25,26). The molecule has 1 N–H and O–H groups in total. The quantitative estimate of drug-likeness (QED) is 0.539. The van der Waals surface area contributed by atoms with Gasteiger partial charge < -0.3 is 19.5 Å². The summed E-state index contributed by atoms with van der Waals surface area (Å²) >= 11 is 0. The van der Waals surface area contributed by atoms with Crippen molar-refractivity contribution in [3.63, 3.8) is 0 Å². The molecule has 0 spiro atoms. The molecule has 0 aliphatic carbocycles. The summed E-state index contributed by atoms with van der Waals surface area (Å²) in [7, 11) is 0. The van der Waals surface area contributed by atoms with Crippen LogP contribution in [0.5, 0.6) is 5.75 Å². The van der Waals surface area contributed by atoms with E-state index in [0.717, 1.165) is 11.1 Å². The topological polar surface area (TPSA) is 56.8 Å². The molecule has 0 aromatic heterocycles. The number of benzene rings is 2. The number of rotatable bonds is 12. The fourth-order valence-electron chi connectivity index (χ4n) is 3.07. The molecule has 1 amide bonds. The average molecular weight is 400 g/mol. The first-order chi connectivity index (χ1) is 14.0. The van der Waals surface area contributed by atoms with Gasteiger partial charge in [0.05, 0.1) is 19.8 Å². The molecular weight excluding hydrogens is 366 g/mol. The molecule has 0 fully saturated rings. The lowest BCUT2D eigenvalue weighted by Gasteiger charge is -2.12. The van der Waals surface area contributed by atoms with Gasteiger partial charge in [-0.2, -0.15) is 0 Å². The van der Waals surface area contributed by atoms with Gasteiger partial charge in [-0.25, -0.2) is 0 Å². The van der Waals surface area contributed by atoms with E-state index in [1.807, 2.05) is 43.3 Å². The van der Waals surface area contributed by atoms with E-state index in [1.165, 1.54) is 11.1 Å². The van der Waals surface area contributed by atoms with Crippen LogP contribution in [0.4, 0.5) is 0 Å². The number of aryl methyl sites for hydroxylation is 1. The Morgan fingerprint density at radius 2 is 1.79 bits per heavy atom. The maximum absolute atomic E-state index is 12.1. The van der Waals surface area contributed by atoms with Crippen LogP contribution < -0.4 is 10.1 Å². The van der Waals surface area contributed by atoms with Crippen molar-refractivity contribution in [1.82, 2.24) is 5.32 Å². The van der Waals surface area contributed by atoms with Crippen LogP contribution in [0, 0.1) is 6.92 Å². The molecule has 2 rings (SSSR count). The summed E-state index contributed by atoms with van der Waals surface area (Å²) < 4.78 is 16.5. The fourth-order valence-corrected chi connectivity index (χ4v) is 3.07. The highest BCUT2D eigenvalue weighted by atomic mass is 16.5. The van der Waals surface area contributed by atoms with Crippen LogP contribution in [0.15, 0.2) is 42.5 Å². The summed E-state index contributed by atoms with van der Waals surface area (Å²) in [6.07, 6.45) is 0. The molecule has 0 bridgehead atoms. The third-order valence-electron chi connectivity index (χ3n) is 4.56. The molecule has 0 radical (unpaired) electrons. The van der Waals surface area contributed by atoms with Crippen LogP contribution >= 0.6 is 0 Å². The minimum atomic E-state index is -0.144. The first-order valence-electron chi connectivity index (χ1n) is 10.2. The molecule has 5 nitrogen and oxygen atoms in total. The number of amides is 1. The molecule has 5 heteroatoms. The van der Waals surface area contributed by atoms with Gasteiger partial charge in [-0.05, 0) is 54.2 Å². The molecular formula is C24H33NO4. The SMILES string of the molecule is CCOCCOCc1cccc(CNC(=O)COc2ccc(C(C)C)c(C)c2)c1. The van der Waals surface area contributed by atoms with E-state index in [9.17, 15) is 4.79 Å². The Bertz CT molecular complexity index is 773. The molecule has 29 heavy (non-hydrogen) atoms. The van der Waals surface area contributed by atoms with Crippen LogP contribution in [0.25, 0.3) is 0 Å². The predicted octanol–water partition coefficient (Wildman–Crippen LogP) is 4.37. The van der Waals surface area contributed by atoms with Crippen molar-refractivity contribution < 1.29 is 19.0 Å². The Morgan fingerprint density at radius 1 is 1.03 bits per heavy atom. The predicted molar refractivity (Wildman–Crippen MR) is 115 cm³/mol. The number of nitrogens with one attached hydrogen (secondary N) is 1. The van der Waals surface area contributed by atoms with E-state index < -0.39 is 0 Å². The number of hydrogen-bond donors (Lipinski definition) is 1. The third kappa shape index (κ3) is 8.26. The Kier molecular flexibility index (Phi) is 9.68. The maximum Gasteiger partial charge on any atom is 0.258 e. The zero-order chi connectivity index (χ0) is 21.1. The average Bonchev–Trinajstić information content (AvgIpc) is 2.70. The number of carbonyl (C=O) groups excluding carboxylic acids is 1. The first-order valence-corrected chi connectivity index (χ1v) is 10.2. The van der Waals surface area contributed by atoms with E-state index >= 15 is 0 Å². The third-order valence-corrected chi connectivity index (χ3v) is 4.56. The zero-order valence-corrected chi connectivity index (χ0v) is 18.0. The van der Waals surface area contributed by atoms with E-state index in [1.54, 1.807) is 0 Å². The fraction of sp³-hybridized carbons (Fsp3) is 0.458. The first kappa shape index (κ1) is 22.9. The molecule has 0 aliphatic heterocycles. The van der Waals surface area contributed by atoms with Crippen LogP contribution in [0.1, 0.15) is 48.9 Å². The van der Waals surface area contributed by atoms with E-state index in [4.69, 9.17) is 14.2 Å². The smallest absolute Gasteiger partial charge is 0.258 e. The maximum atomic E-state index is 12.1. The lowest BCUT2D eigenvalue weighted by molar-refractivity contribution is -0.123. The summed E-state index contributed by atoms with van der Waals surface area (Å²) in [5.41, 5.74) is 4.58. The molecule has 0 saturated carbocycles. The van der Waals surface area contributed by atoms with E-state index in [-0.39, 0.29) is 12.5 Å². The van der Waals surface area contributed by atoms with Gasteiger partial charge in [0.2, 0.25) is 0 Å². The highest BCUT2D eigenvalue weighted by Crippen LogP contribution is 2.23. The van der Waals surface area contributed by atoms with Crippen LogP contribution in [0.3, 0.4) is 0 Å². The van der Waals surface area contributed by atoms with Crippen molar-refractivity contribution in [2.45, 2.75) is 46.8 Å². The van der Waals surface area contributed by atoms with Gasteiger partial charge in [0.25, 0.3) is 5.91 Å². The summed E-state index contributed by atoms with van der Waals surface area (Å²) in [6, 6.07) is 14.0. The van der Waals surface area contributed by atoms with E-state index in [2.05, 4.69) is 32.2 Å². The van der Waals surface area contributed by atoms with Gasteiger partial charge in [-0.15, -0.1) is 0 Å². The van der Waals surface area contributed by atoms with Crippen LogP contribution in [-0.4, -0.2) is 32.3 Å². The molecule has 0 atom stereocenters. The van der Waals surface area contributed by atoms with Crippen molar-refractivity contribution in [3.05, 3.63) is 64.7 Å². The van der Waals surface area contributed by atoms with Crippen molar-refractivity contribution >= 4 is 5.91 Å². The van der Waals surface area contributed by atoms with Gasteiger partial charge in [0.1, 0.15) is 5.75 Å². The Labute approximate surface area is 174 Å². The van der Waals surface area contributed by atoms with Crippen molar-refractivity contribution in [2.75, 3.05) is 26.4 Å². The molecule has 2 aromatic rings. The molecule has 2 aromatic carbocycles. The highest BCUT2D eigenvalue weighted by Gasteiger charge is 2.07. The second-order valence-electron chi connectivity index (χ2n) is 7.31. The van der Waals surface area contributed by atoms with Gasteiger partial charge in [-0.3, -0.25) is 4.79 Å². The van der Waals surface area contributed by atoms with Gasteiger partial charge >= 0.3 is 0 Å². The monoisotopic (exact) mass is 399 g/mol. The number of ether oxygens (including phenoxy) is 3. The molecule has 0 saturated heterocycles. The lowest BCUT2D eigenvalue weighted by atomic mass is 9.98. The van der Waals surface area contributed by atoms with Crippen molar-refractivity contribution in [3.8, 4) is 5.75 Å². The van der Waals surface area contributed by atoms with Crippen LogP contribution in [0.2, 0.25) is 0 Å². The minimum Gasteiger partial charge on any atom is -0.484 e. The van der Waals surface area contributed by atoms with Crippen molar-refractivity contribution in [1.29, 1.82) is 0 Å². The Hall–Kier alpha value is -2.37. The van der Waals surface area contributed by atoms with Gasteiger partial charge in [0.15, 0.2) is 6.61 Å². The minimum absolute atomic E-state index is 0.000690. The number of carbonyl (C=O) groups is 1. The largest absolute Gasteiger partial charge is 0.484 e. The normalized spacial score (nSPS) is 10.9. The molecule has 0 aliphatic rings. The zero-order valence-electron chi connectivity index (χ0n) is 18.0. The lowest BCUT2D eigenvalue weighted by Crippen LogP contribution is -2.28. The molecule has 158 valence electrons. The summed E-state index contributed by atoms with van der Waals surface area (Å²) in [6.45, 7) is 11.2. The van der Waals surface area contributed by atoms with Crippen LogP contribution in [-0.2, 0) is 27.4 Å². The highest BCUT2D eigenvalue weighted by molar-refractivity contribution is 5.77. The van der Waals surface area contributed by atoms with Gasteiger partial charge in [0, 0.05) is 13.2 Å². The van der Waals surface area contributed by atoms with Gasteiger partial charge in [-0.1, -0.05) is 44.2 Å².